The number of hydrogen-bond donors (Lipinski definition) is 0. The smallest absolute Gasteiger partial charge is 0.151 e. The van der Waals surface area contributed by atoms with Crippen molar-refractivity contribution in [3.8, 4) is 5.69 Å². The summed E-state index contributed by atoms with van der Waals surface area (Å²) in [5.74, 6) is 1.38. The SMILES string of the molecule is CN(Cc1ncnn1-c1ccc2c(c1)CCC2)C1CCS(=O)(=O)C1. The largest absolute Gasteiger partial charge is 0.295 e. The molecule has 1 aromatic heterocycles. The maximum absolute atomic E-state index is 11.7. The fraction of sp³-hybridized carbons (Fsp3) is 0.529. The highest BCUT2D eigenvalue weighted by molar-refractivity contribution is 7.91. The Hall–Kier alpha value is -1.73. The first-order chi connectivity index (χ1) is 11.5. The molecule has 1 saturated heterocycles. The van der Waals surface area contributed by atoms with Crippen molar-refractivity contribution in [1.82, 2.24) is 19.7 Å². The Labute approximate surface area is 142 Å². The summed E-state index contributed by atoms with van der Waals surface area (Å²) >= 11 is 0. The van der Waals surface area contributed by atoms with Crippen molar-refractivity contribution in [2.75, 3.05) is 18.6 Å². The molecular formula is C17H22N4O2S. The third-order valence-electron chi connectivity index (χ3n) is 5.17. The van der Waals surface area contributed by atoms with Gasteiger partial charge in [-0.2, -0.15) is 5.10 Å². The standard InChI is InChI=1S/C17H22N4O2S/c1-20(16-7-8-24(22,23)11-16)10-17-18-12-19-21(17)15-6-5-13-3-2-4-14(13)9-15/h5-6,9,12,16H,2-4,7-8,10-11H2,1H3. The first-order valence-corrected chi connectivity index (χ1v) is 10.3. The monoisotopic (exact) mass is 346 g/mol. The van der Waals surface area contributed by atoms with Crippen LogP contribution < -0.4 is 0 Å². The van der Waals surface area contributed by atoms with E-state index in [1.165, 1.54) is 24.0 Å². The number of benzene rings is 1. The average Bonchev–Trinajstić information content (AvgIpc) is 3.25. The van der Waals surface area contributed by atoms with Gasteiger partial charge in [0, 0.05) is 6.04 Å². The maximum Gasteiger partial charge on any atom is 0.151 e. The van der Waals surface area contributed by atoms with E-state index in [9.17, 15) is 8.42 Å². The zero-order chi connectivity index (χ0) is 16.7. The molecule has 0 radical (unpaired) electrons. The van der Waals surface area contributed by atoms with Crippen LogP contribution in [0.5, 0.6) is 0 Å². The van der Waals surface area contributed by atoms with Crippen molar-refractivity contribution in [3.63, 3.8) is 0 Å². The number of rotatable bonds is 4. The zero-order valence-electron chi connectivity index (χ0n) is 13.9. The number of aryl methyl sites for hydroxylation is 2. The minimum absolute atomic E-state index is 0.0696. The molecule has 0 spiro atoms. The molecule has 6 nitrogen and oxygen atoms in total. The van der Waals surface area contributed by atoms with Crippen LogP contribution in [0.4, 0.5) is 0 Å². The normalized spacial score (nSPS) is 22.2. The summed E-state index contributed by atoms with van der Waals surface area (Å²) < 4.78 is 25.2. The van der Waals surface area contributed by atoms with E-state index in [1.54, 1.807) is 6.33 Å². The number of hydrogen-bond acceptors (Lipinski definition) is 5. The van der Waals surface area contributed by atoms with Crippen LogP contribution in [0.15, 0.2) is 24.5 Å². The molecule has 1 fully saturated rings. The van der Waals surface area contributed by atoms with Crippen LogP contribution in [0.25, 0.3) is 5.69 Å². The third kappa shape index (κ3) is 2.98. The van der Waals surface area contributed by atoms with E-state index in [1.807, 2.05) is 11.7 Å². The predicted octanol–water partition coefficient (Wildman–Crippen LogP) is 1.37. The van der Waals surface area contributed by atoms with E-state index >= 15 is 0 Å². The van der Waals surface area contributed by atoms with Crippen molar-refractivity contribution in [3.05, 3.63) is 41.5 Å². The van der Waals surface area contributed by atoms with Gasteiger partial charge in [-0.3, -0.25) is 4.90 Å². The Kier molecular flexibility index (Phi) is 3.92. The molecule has 1 aliphatic carbocycles. The lowest BCUT2D eigenvalue weighted by atomic mass is 10.1. The molecule has 24 heavy (non-hydrogen) atoms. The van der Waals surface area contributed by atoms with Crippen LogP contribution in [-0.2, 0) is 29.2 Å². The summed E-state index contributed by atoms with van der Waals surface area (Å²) in [6.45, 7) is 0.595. The molecular weight excluding hydrogens is 324 g/mol. The summed E-state index contributed by atoms with van der Waals surface area (Å²) in [7, 11) is -0.908. The summed E-state index contributed by atoms with van der Waals surface area (Å²) in [6.07, 6.45) is 5.79. The minimum Gasteiger partial charge on any atom is -0.295 e. The first kappa shape index (κ1) is 15.8. The summed E-state index contributed by atoms with van der Waals surface area (Å²) in [5.41, 5.74) is 3.88. The van der Waals surface area contributed by atoms with E-state index in [4.69, 9.17) is 0 Å². The van der Waals surface area contributed by atoms with Crippen LogP contribution >= 0.6 is 0 Å². The molecule has 4 rings (SSSR count). The molecule has 1 atom stereocenters. The molecule has 0 bridgehead atoms. The second-order valence-electron chi connectivity index (χ2n) is 6.87. The lowest BCUT2D eigenvalue weighted by Gasteiger charge is -2.22. The maximum atomic E-state index is 11.7. The Balaban J connectivity index is 1.55. The van der Waals surface area contributed by atoms with Crippen molar-refractivity contribution >= 4 is 9.84 Å². The van der Waals surface area contributed by atoms with Gasteiger partial charge in [-0.25, -0.2) is 18.1 Å². The first-order valence-electron chi connectivity index (χ1n) is 8.43. The Morgan fingerprint density at radius 2 is 2.12 bits per heavy atom. The van der Waals surface area contributed by atoms with E-state index in [0.717, 1.165) is 17.9 Å². The predicted molar refractivity (Wildman–Crippen MR) is 91.9 cm³/mol. The minimum atomic E-state index is -2.87. The Bertz CT molecular complexity index is 859. The van der Waals surface area contributed by atoms with Crippen molar-refractivity contribution in [2.24, 2.45) is 0 Å². The van der Waals surface area contributed by atoms with Gasteiger partial charge in [0.2, 0.25) is 0 Å². The lowest BCUT2D eigenvalue weighted by Crippen LogP contribution is -2.33. The highest BCUT2D eigenvalue weighted by Crippen LogP contribution is 2.25. The fourth-order valence-corrected chi connectivity index (χ4v) is 5.56. The van der Waals surface area contributed by atoms with Gasteiger partial charge in [0.1, 0.15) is 12.2 Å². The van der Waals surface area contributed by atoms with E-state index in [-0.39, 0.29) is 11.8 Å². The van der Waals surface area contributed by atoms with E-state index < -0.39 is 9.84 Å². The van der Waals surface area contributed by atoms with Crippen molar-refractivity contribution < 1.29 is 8.42 Å². The average molecular weight is 346 g/mol. The molecule has 0 amide bonds. The Morgan fingerprint density at radius 1 is 1.29 bits per heavy atom. The number of fused-ring (bicyclic) bond motifs is 1. The second kappa shape index (κ2) is 5.97. The summed E-state index contributed by atoms with van der Waals surface area (Å²) in [6, 6.07) is 6.57. The van der Waals surface area contributed by atoms with Crippen molar-refractivity contribution in [1.29, 1.82) is 0 Å². The topological polar surface area (TPSA) is 68.1 Å². The fourth-order valence-electron chi connectivity index (χ4n) is 3.75. The quantitative estimate of drug-likeness (QED) is 0.836. The van der Waals surface area contributed by atoms with Crippen LogP contribution in [-0.4, -0.2) is 52.7 Å². The number of sulfone groups is 1. The summed E-state index contributed by atoms with van der Waals surface area (Å²) in [5, 5.41) is 4.38. The van der Waals surface area contributed by atoms with Gasteiger partial charge in [-0.1, -0.05) is 6.07 Å². The molecule has 2 aliphatic rings. The molecule has 1 aliphatic heterocycles. The van der Waals surface area contributed by atoms with Crippen LogP contribution in [0.1, 0.15) is 29.8 Å². The third-order valence-corrected chi connectivity index (χ3v) is 6.92. The van der Waals surface area contributed by atoms with Gasteiger partial charge < -0.3 is 0 Å². The highest BCUT2D eigenvalue weighted by atomic mass is 32.2. The lowest BCUT2D eigenvalue weighted by molar-refractivity contribution is 0.246. The molecule has 1 unspecified atom stereocenters. The zero-order valence-corrected chi connectivity index (χ0v) is 14.7. The highest BCUT2D eigenvalue weighted by Gasteiger charge is 2.31. The van der Waals surface area contributed by atoms with Gasteiger partial charge in [0.25, 0.3) is 0 Å². The molecule has 0 saturated carbocycles. The molecule has 7 heteroatoms. The summed E-state index contributed by atoms with van der Waals surface area (Å²) in [4.78, 5) is 6.48. The van der Waals surface area contributed by atoms with E-state index in [0.29, 0.717) is 18.7 Å². The molecule has 2 heterocycles. The molecule has 0 N–H and O–H groups in total. The number of nitrogens with zero attached hydrogens (tertiary/aromatic N) is 4. The molecule has 128 valence electrons. The number of aromatic nitrogens is 3. The van der Waals surface area contributed by atoms with Gasteiger partial charge in [-0.15, -0.1) is 0 Å². The van der Waals surface area contributed by atoms with Gasteiger partial charge in [-0.05, 0) is 56.0 Å². The van der Waals surface area contributed by atoms with Crippen LogP contribution in [0.2, 0.25) is 0 Å². The van der Waals surface area contributed by atoms with Crippen molar-refractivity contribution in [2.45, 2.75) is 38.3 Å². The molecule has 2 aromatic rings. The van der Waals surface area contributed by atoms with E-state index in [2.05, 4.69) is 33.2 Å². The second-order valence-corrected chi connectivity index (χ2v) is 9.10. The Morgan fingerprint density at radius 3 is 2.92 bits per heavy atom. The van der Waals surface area contributed by atoms with Gasteiger partial charge >= 0.3 is 0 Å². The van der Waals surface area contributed by atoms with Gasteiger partial charge in [0.15, 0.2) is 9.84 Å². The van der Waals surface area contributed by atoms with Crippen LogP contribution in [0.3, 0.4) is 0 Å². The van der Waals surface area contributed by atoms with Crippen LogP contribution in [0, 0.1) is 0 Å². The van der Waals surface area contributed by atoms with Gasteiger partial charge in [0.05, 0.1) is 23.7 Å². The molecule has 1 aromatic carbocycles.